The second-order valence-corrected chi connectivity index (χ2v) is 3.81. The number of hydrogen-bond acceptors (Lipinski definition) is 0. The van der Waals surface area contributed by atoms with Crippen LogP contribution < -0.4 is 0 Å². The Bertz CT molecular complexity index is 18.0. The quantitative estimate of drug-likeness (QED) is 0.413. The van der Waals surface area contributed by atoms with E-state index in [1.165, 1.54) is 18.7 Å². The third kappa shape index (κ3) is 5.29. The lowest BCUT2D eigenvalue weighted by Crippen LogP contribution is -1.71. The molecule has 38 valence electrons. The zero-order chi connectivity index (χ0) is 4.83. The average molecular weight is 140 g/mol. The lowest BCUT2D eigenvalue weighted by molar-refractivity contribution is 1.13. The van der Waals surface area contributed by atoms with E-state index in [2.05, 4.69) is 18.2 Å². The predicted octanol–water partition coefficient (Wildman–Crippen LogP) is 1.72. The van der Waals surface area contributed by atoms with Crippen molar-refractivity contribution in [2.24, 2.45) is 0 Å². The molecule has 0 amide bonds. The van der Waals surface area contributed by atoms with Crippen LogP contribution in [-0.4, -0.2) is 12.3 Å². The predicted molar refractivity (Wildman–Crippen MR) is 42.1 cm³/mol. The standard InChI is InChI=1S/C3H11P3/c4-2-1-3-6-5/h6H,1-5H2. The van der Waals surface area contributed by atoms with Crippen LogP contribution in [0.2, 0.25) is 0 Å². The molecular formula is C3H11P3. The Hall–Kier alpha value is 1.29. The van der Waals surface area contributed by atoms with Crippen molar-refractivity contribution < 1.29 is 0 Å². The third-order valence-electron chi connectivity index (χ3n) is 0.525. The topological polar surface area (TPSA) is 0 Å². The van der Waals surface area contributed by atoms with E-state index < -0.39 is 0 Å². The molecule has 0 aliphatic heterocycles. The summed E-state index contributed by atoms with van der Waals surface area (Å²) in [4.78, 5) is 0. The van der Waals surface area contributed by atoms with Gasteiger partial charge in [0.15, 0.2) is 0 Å². The van der Waals surface area contributed by atoms with Crippen molar-refractivity contribution in [2.45, 2.75) is 6.42 Å². The molecule has 3 atom stereocenters. The van der Waals surface area contributed by atoms with Crippen LogP contribution in [0, 0.1) is 0 Å². The van der Waals surface area contributed by atoms with E-state index in [1.807, 2.05) is 0 Å². The molecule has 0 rings (SSSR count). The van der Waals surface area contributed by atoms with Crippen molar-refractivity contribution in [3.63, 3.8) is 0 Å². The van der Waals surface area contributed by atoms with Gasteiger partial charge in [0.2, 0.25) is 0 Å². The highest BCUT2D eigenvalue weighted by Crippen LogP contribution is 2.20. The highest BCUT2D eigenvalue weighted by atomic mass is 32.0. The second kappa shape index (κ2) is 6.29. The zero-order valence-electron chi connectivity index (χ0n) is 3.78. The lowest BCUT2D eigenvalue weighted by Gasteiger charge is -1.86. The van der Waals surface area contributed by atoms with Crippen molar-refractivity contribution in [3.8, 4) is 0 Å². The van der Waals surface area contributed by atoms with E-state index in [0.717, 1.165) is 8.27 Å². The molecule has 0 aromatic heterocycles. The smallest absolute Gasteiger partial charge is 0.0316 e. The van der Waals surface area contributed by atoms with Crippen molar-refractivity contribution in [1.82, 2.24) is 0 Å². The molecule has 0 saturated carbocycles. The summed E-state index contributed by atoms with van der Waals surface area (Å²) >= 11 is 0. The summed E-state index contributed by atoms with van der Waals surface area (Å²) < 4.78 is 0. The van der Waals surface area contributed by atoms with Gasteiger partial charge in [-0.15, -0.1) is 26.4 Å². The molecule has 0 heterocycles. The van der Waals surface area contributed by atoms with Gasteiger partial charge in [-0.05, 0) is 18.7 Å². The summed E-state index contributed by atoms with van der Waals surface area (Å²) in [5.41, 5.74) is 0. The first-order chi connectivity index (χ1) is 2.91. The maximum Gasteiger partial charge on any atom is -0.0316 e. The fourth-order valence-electron chi connectivity index (χ4n) is 0.204. The van der Waals surface area contributed by atoms with Crippen LogP contribution in [-0.2, 0) is 0 Å². The molecule has 0 aliphatic carbocycles. The van der Waals surface area contributed by atoms with Crippen molar-refractivity contribution >= 4 is 26.4 Å². The van der Waals surface area contributed by atoms with Gasteiger partial charge >= 0.3 is 0 Å². The normalized spacial score (nSPS) is 11.0. The van der Waals surface area contributed by atoms with Crippen LogP contribution in [0.5, 0.6) is 0 Å². The van der Waals surface area contributed by atoms with Gasteiger partial charge in [-0.2, -0.15) is 0 Å². The molecule has 3 heteroatoms. The Balaban J connectivity index is 2.34. The van der Waals surface area contributed by atoms with E-state index in [4.69, 9.17) is 0 Å². The second-order valence-electron chi connectivity index (χ2n) is 1.10. The Labute approximate surface area is 45.9 Å². The molecule has 6 heavy (non-hydrogen) atoms. The fraction of sp³-hybridized carbons (Fsp3) is 1.00. The minimum atomic E-state index is 1.07. The Kier molecular flexibility index (Phi) is 7.64. The van der Waals surface area contributed by atoms with E-state index >= 15 is 0 Å². The van der Waals surface area contributed by atoms with Crippen molar-refractivity contribution in [3.05, 3.63) is 0 Å². The van der Waals surface area contributed by atoms with E-state index in [1.54, 1.807) is 0 Å². The van der Waals surface area contributed by atoms with Gasteiger partial charge in [0, 0.05) is 0 Å². The molecule has 0 N–H and O–H groups in total. The molecule has 0 spiro atoms. The molecule has 3 unspecified atom stereocenters. The van der Waals surface area contributed by atoms with Crippen LogP contribution in [0.15, 0.2) is 0 Å². The minimum absolute atomic E-state index is 1.07. The van der Waals surface area contributed by atoms with Crippen LogP contribution in [0.3, 0.4) is 0 Å². The van der Waals surface area contributed by atoms with E-state index in [-0.39, 0.29) is 0 Å². The van der Waals surface area contributed by atoms with Gasteiger partial charge in [-0.1, -0.05) is 0 Å². The number of hydrogen-bond donors (Lipinski definition) is 0. The summed E-state index contributed by atoms with van der Waals surface area (Å²) in [5.74, 6) is 0. The highest BCUT2D eigenvalue weighted by molar-refractivity contribution is 8.02. The average Bonchev–Trinajstić information content (AvgIpc) is 1.61. The summed E-state index contributed by atoms with van der Waals surface area (Å²) in [7, 11) is 6.54. The Morgan fingerprint density at radius 3 is 2.33 bits per heavy atom. The van der Waals surface area contributed by atoms with Gasteiger partial charge in [-0.3, -0.25) is 0 Å². The van der Waals surface area contributed by atoms with Crippen LogP contribution in [0.4, 0.5) is 0 Å². The molecule has 0 bridgehead atoms. The number of rotatable bonds is 3. The van der Waals surface area contributed by atoms with Crippen LogP contribution >= 0.6 is 26.4 Å². The minimum Gasteiger partial charge on any atom is -0.138 e. The van der Waals surface area contributed by atoms with E-state index in [9.17, 15) is 0 Å². The zero-order valence-corrected chi connectivity index (χ0v) is 7.09. The molecule has 0 fully saturated rings. The summed E-state index contributed by atoms with van der Waals surface area (Å²) in [6, 6.07) is 0. The van der Waals surface area contributed by atoms with Gasteiger partial charge in [0.05, 0.1) is 0 Å². The Morgan fingerprint density at radius 2 is 2.17 bits per heavy atom. The molecule has 0 aromatic rings. The van der Waals surface area contributed by atoms with Crippen molar-refractivity contribution in [2.75, 3.05) is 12.3 Å². The molecule has 0 nitrogen and oxygen atoms in total. The highest BCUT2D eigenvalue weighted by Gasteiger charge is 1.75. The van der Waals surface area contributed by atoms with Gasteiger partial charge in [0.25, 0.3) is 0 Å². The van der Waals surface area contributed by atoms with Crippen LogP contribution in [0.1, 0.15) is 6.42 Å². The first-order valence-corrected chi connectivity index (χ1v) is 5.88. The van der Waals surface area contributed by atoms with Crippen molar-refractivity contribution in [1.29, 1.82) is 0 Å². The largest absolute Gasteiger partial charge is 0.138 e. The SMILES string of the molecule is PCCCPP. The maximum absolute atomic E-state index is 2.75. The summed E-state index contributed by atoms with van der Waals surface area (Å²) in [6.45, 7) is 0. The van der Waals surface area contributed by atoms with Gasteiger partial charge in [0.1, 0.15) is 0 Å². The molecule has 0 saturated heterocycles. The summed E-state index contributed by atoms with van der Waals surface area (Å²) in [6.07, 6.45) is 4.02. The monoisotopic (exact) mass is 140 g/mol. The fourth-order valence-corrected chi connectivity index (χ4v) is 1.84. The first-order valence-electron chi connectivity index (χ1n) is 2.05. The van der Waals surface area contributed by atoms with Crippen LogP contribution in [0.25, 0.3) is 0 Å². The van der Waals surface area contributed by atoms with E-state index in [0.29, 0.717) is 0 Å². The molecule has 0 radical (unpaired) electrons. The molecule has 0 aromatic carbocycles. The summed E-state index contributed by atoms with van der Waals surface area (Å²) in [5, 5.41) is 0. The van der Waals surface area contributed by atoms with Gasteiger partial charge in [-0.25, -0.2) is 0 Å². The molecular weight excluding hydrogens is 129 g/mol. The Morgan fingerprint density at radius 1 is 1.50 bits per heavy atom. The third-order valence-corrected chi connectivity index (χ3v) is 2.44. The first kappa shape index (κ1) is 7.29. The molecule has 0 aliphatic rings. The van der Waals surface area contributed by atoms with Gasteiger partial charge < -0.3 is 0 Å². The maximum atomic E-state index is 2.75. The lowest BCUT2D eigenvalue weighted by atomic mass is 10.6.